The molecule has 110 valence electrons. The average molecular weight is 301 g/mol. The molecule has 0 spiro atoms. The lowest BCUT2D eigenvalue weighted by Crippen LogP contribution is -2.16. The Morgan fingerprint density at radius 3 is 3.05 bits per heavy atom. The highest BCUT2D eigenvalue weighted by molar-refractivity contribution is 7.18. The van der Waals surface area contributed by atoms with Gasteiger partial charge in [0.1, 0.15) is 5.76 Å². The van der Waals surface area contributed by atoms with Crippen LogP contribution in [0.15, 0.2) is 34.9 Å². The van der Waals surface area contributed by atoms with E-state index in [0.717, 1.165) is 45.2 Å². The zero-order valence-corrected chi connectivity index (χ0v) is 13.0. The third-order valence-corrected chi connectivity index (χ3v) is 4.41. The van der Waals surface area contributed by atoms with Crippen LogP contribution in [0.4, 0.5) is 11.4 Å². The quantitative estimate of drug-likeness (QED) is 0.693. The van der Waals surface area contributed by atoms with Gasteiger partial charge in [-0.05, 0) is 44.5 Å². The largest absolute Gasteiger partial charge is 0.469 e. The van der Waals surface area contributed by atoms with Crippen molar-refractivity contribution in [2.45, 2.75) is 32.7 Å². The van der Waals surface area contributed by atoms with E-state index in [1.54, 1.807) is 17.6 Å². The fourth-order valence-corrected chi connectivity index (χ4v) is 3.24. The highest BCUT2D eigenvalue weighted by atomic mass is 32.1. The molecule has 0 aliphatic heterocycles. The minimum atomic E-state index is 0.314. The Hall–Kier alpha value is -2.01. The summed E-state index contributed by atoms with van der Waals surface area (Å²) >= 11 is 1.67. The summed E-state index contributed by atoms with van der Waals surface area (Å²) in [5.74, 6) is 1.02. The van der Waals surface area contributed by atoms with E-state index in [1.807, 2.05) is 31.2 Å². The third kappa shape index (κ3) is 3.19. The minimum absolute atomic E-state index is 0.314. The first-order valence-corrected chi connectivity index (χ1v) is 7.89. The molecule has 3 aromatic rings. The highest BCUT2D eigenvalue weighted by Crippen LogP contribution is 2.30. The predicted molar refractivity (Wildman–Crippen MR) is 88.9 cm³/mol. The second-order valence-electron chi connectivity index (χ2n) is 5.30. The normalized spacial score (nSPS) is 12.7. The summed E-state index contributed by atoms with van der Waals surface area (Å²) in [6.07, 6.45) is 3.62. The van der Waals surface area contributed by atoms with E-state index < -0.39 is 0 Å². The molecule has 3 rings (SSSR count). The van der Waals surface area contributed by atoms with Crippen LogP contribution in [0, 0.1) is 6.92 Å². The van der Waals surface area contributed by atoms with Gasteiger partial charge in [0, 0.05) is 12.5 Å². The number of aromatic nitrogens is 1. The number of anilines is 2. The van der Waals surface area contributed by atoms with E-state index in [0.29, 0.717) is 6.04 Å². The number of hydrogen-bond acceptors (Lipinski definition) is 5. The number of nitrogens with one attached hydrogen (secondary N) is 1. The van der Waals surface area contributed by atoms with E-state index in [2.05, 4.69) is 17.2 Å². The van der Waals surface area contributed by atoms with Crippen molar-refractivity contribution in [3.63, 3.8) is 0 Å². The number of rotatable bonds is 5. The van der Waals surface area contributed by atoms with Gasteiger partial charge >= 0.3 is 0 Å². The van der Waals surface area contributed by atoms with Gasteiger partial charge in [-0.3, -0.25) is 0 Å². The van der Waals surface area contributed by atoms with E-state index >= 15 is 0 Å². The molecular weight excluding hydrogens is 282 g/mol. The number of hydrogen-bond donors (Lipinski definition) is 2. The van der Waals surface area contributed by atoms with Crippen LogP contribution in [0.5, 0.6) is 0 Å². The Bertz CT molecular complexity index is 733. The molecule has 0 fully saturated rings. The van der Waals surface area contributed by atoms with Crippen LogP contribution in [-0.2, 0) is 6.42 Å². The third-order valence-electron chi connectivity index (χ3n) is 3.47. The molecule has 1 atom stereocenters. The van der Waals surface area contributed by atoms with Crippen molar-refractivity contribution in [2.24, 2.45) is 0 Å². The number of nitrogens with two attached hydrogens (primary N) is 1. The van der Waals surface area contributed by atoms with Crippen LogP contribution >= 0.6 is 11.3 Å². The Balaban J connectivity index is 1.69. The Kier molecular flexibility index (Phi) is 3.84. The molecule has 1 unspecified atom stereocenters. The number of fused-ring (bicyclic) bond motifs is 1. The molecule has 1 aromatic carbocycles. The Labute approximate surface area is 128 Å². The molecular formula is C16H19N3OS. The van der Waals surface area contributed by atoms with Crippen LogP contribution in [0.1, 0.15) is 24.1 Å². The van der Waals surface area contributed by atoms with Gasteiger partial charge in [-0.15, -0.1) is 11.3 Å². The number of nitrogen functional groups attached to an aromatic ring is 1. The van der Waals surface area contributed by atoms with E-state index in [9.17, 15) is 0 Å². The fourth-order valence-electron chi connectivity index (χ4n) is 2.38. The second kappa shape index (κ2) is 5.77. The monoisotopic (exact) mass is 301 g/mol. The summed E-state index contributed by atoms with van der Waals surface area (Å²) in [6.45, 7) is 4.17. The first-order chi connectivity index (χ1) is 10.1. The van der Waals surface area contributed by atoms with Gasteiger partial charge in [-0.2, -0.15) is 0 Å². The zero-order valence-electron chi connectivity index (χ0n) is 12.2. The first-order valence-electron chi connectivity index (χ1n) is 7.07. The number of aryl methyl sites for hydroxylation is 2. The van der Waals surface area contributed by atoms with Crippen LogP contribution < -0.4 is 11.1 Å². The van der Waals surface area contributed by atoms with Gasteiger partial charge < -0.3 is 15.5 Å². The molecule has 0 radical (unpaired) electrons. The molecule has 0 saturated carbocycles. The van der Waals surface area contributed by atoms with Crippen LogP contribution in [0.25, 0.3) is 10.2 Å². The van der Waals surface area contributed by atoms with Crippen molar-refractivity contribution in [2.75, 3.05) is 11.1 Å². The van der Waals surface area contributed by atoms with Gasteiger partial charge in [-0.1, -0.05) is 0 Å². The number of benzene rings is 1. The Morgan fingerprint density at radius 2 is 2.29 bits per heavy atom. The maximum absolute atomic E-state index is 6.13. The standard InChI is InChI=1S/C16H19N3OS/c1-10(5-6-12-4-3-7-20-12)18-14-9-15-16(8-13(14)17)21-11(2)19-15/h3-4,7-10,18H,5-6,17H2,1-2H3. The smallest absolute Gasteiger partial charge is 0.103 e. The first kappa shape index (κ1) is 13.9. The van der Waals surface area contributed by atoms with Crippen LogP contribution in [0.2, 0.25) is 0 Å². The van der Waals surface area contributed by atoms with Crippen molar-refractivity contribution >= 4 is 32.9 Å². The molecule has 21 heavy (non-hydrogen) atoms. The topological polar surface area (TPSA) is 64.1 Å². The lowest BCUT2D eigenvalue weighted by molar-refractivity contribution is 0.495. The van der Waals surface area contributed by atoms with Gasteiger partial charge in [0.2, 0.25) is 0 Å². The summed E-state index contributed by atoms with van der Waals surface area (Å²) in [5, 5.41) is 4.53. The summed E-state index contributed by atoms with van der Waals surface area (Å²) in [7, 11) is 0. The maximum Gasteiger partial charge on any atom is 0.103 e. The summed E-state index contributed by atoms with van der Waals surface area (Å²) < 4.78 is 6.49. The van der Waals surface area contributed by atoms with Gasteiger partial charge in [0.15, 0.2) is 0 Å². The predicted octanol–water partition coefficient (Wildman–Crippen LogP) is 4.21. The van der Waals surface area contributed by atoms with Crippen molar-refractivity contribution < 1.29 is 4.42 Å². The van der Waals surface area contributed by atoms with Crippen molar-refractivity contribution in [1.29, 1.82) is 0 Å². The molecule has 0 aliphatic carbocycles. The van der Waals surface area contributed by atoms with Crippen molar-refractivity contribution in [3.05, 3.63) is 41.3 Å². The summed E-state index contributed by atoms with van der Waals surface area (Å²) in [5.41, 5.74) is 8.87. The molecule has 5 heteroatoms. The number of thiazole rings is 1. The SMILES string of the molecule is Cc1nc2cc(NC(C)CCc3ccco3)c(N)cc2s1. The van der Waals surface area contributed by atoms with E-state index in [-0.39, 0.29) is 0 Å². The van der Waals surface area contributed by atoms with E-state index in [4.69, 9.17) is 10.2 Å². The summed E-state index contributed by atoms with van der Waals surface area (Å²) in [4.78, 5) is 4.52. The molecule has 3 N–H and O–H groups in total. The molecule has 0 saturated heterocycles. The van der Waals surface area contributed by atoms with Gasteiger partial charge in [0.05, 0.1) is 32.9 Å². The second-order valence-corrected chi connectivity index (χ2v) is 6.54. The lowest BCUT2D eigenvalue weighted by Gasteiger charge is -2.16. The number of nitrogens with zero attached hydrogens (tertiary/aromatic N) is 1. The molecule has 4 nitrogen and oxygen atoms in total. The fraction of sp³-hybridized carbons (Fsp3) is 0.312. The van der Waals surface area contributed by atoms with E-state index in [1.165, 1.54) is 0 Å². The molecule has 2 heterocycles. The van der Waals surface area contributed by atoms with Crippen LogP contribution in [-0.4, -0.2) is 11.0 Å². The Morgan fingerprint density at radius 1 is 1.43 bits per heavy atom. The average Bonchev–Trinajstić information content (AvgIpc) is 3.05. The zero-order chi connectivity index (χ0) is 14.8. The van der Waals surface area contributed by atoms with Gasteiger partial charge in [-0.25, -0.2) is 4.98 Å². The molecule has 0 bridgehead atoms. The number of furan rings is 1. The van der Waals surface area contributed by atoms with Gasteiger partial charge in [0.25, 0.3) is 0 Å². The van der Waals surface area contributed by atoms with Crippen LogP contribution in [0.3, 0.4) is 0 Å². The van der Waals surface area contributed by atoms with Crippen molar-refractivity contribution in [1.82, 2.24) is 4.98 Å². The molecule has 2 aromatic heterocycles. The summed E-state index contributed by atoms with van der Waals surface area (Å²) in [6, 6.07) is 8.28. The van der Waals surface area contributed by atoms with Crippen molar-refractivity contribution in [3.8, 4) is 0 Å². The molecule has 0 aliphatic rings. The molecule has 0 amide bonds. The maximum atomic E-state index is 6.13. The highest BCUT2D eigenvalue weighted by Gasteiger charge is 2.09. The lowest BCUT2D eigenvalue weighted by atomic mass is 10.1. The minimum Gasteiger partial charge on any atom is -0.469 e.